The molecule has 0 spiro atoms. The summed E-state index contributed by atoms with van der Waals surface area (Å²) in [7, 11) is 3.68. The Balaban J connectivity index is 3.11. The Labute approximate surface area is 75.6 Å². The number of nitrogens with zero attached hydrogens (tertiary/aromatic N) is 1. The fourth-order valence-corrected chi connectivity index (χ4v) is 1.11. The van der Waals surface area contributed by atoms with Crippen LogP contribution in [0.2, 0.25) is 0 Å². The van der Waals surface area contributed by atoms with Crippen molar-refractivity contribution in [1.29, 1.82) is 0 Å². The molecule has 0 aliphatic rings. The first-order valence-electron chi connectivity index (χ1n) is 3.53. The van der Waals surface area contributed by atoms with Gasteiger partial charge in [0, 0.05) is 19.8 Å². The van der Waals surface area contributed by atoms with E-state index in [1.54, 1.807) is 4.90 Å². The summed E-state index contributed by atoms with van der Waals surface area (Å²) < 4.78 is 0. The van der Waals surface area contributed by atoms with E-state index in [0.29, 0.717) is 10.7 Å². The Morgan fingerprint density at radius 2 is 2.00 bits per heavy atom. The van der Waals surface area contributed by atoms with Crippen LogP contribution in [-0.2, 0) is 0 Å². The zero-order valence-corrected chi connectivity index (χ0v) is 8.08. The van der Waals surface area contributed by atoms with Crippen molar-refractivity contribution in [2.24, 2.45) is 0 Å². The van der Waals surface area contributed by atoms with Crippen LogP contribution in [0.25, 0.3) is 0 Å². The van der Waals surface area contributed by atoms with Gasteiger partial charge in [-0.25, -0.2) is 4.79 Å². The third kappa shape index (κ3) is 1.55. The minimum atomic E-state index is -0.216. The van der Waals surface area contributed by atoms with Crippen molar-refractivity contribution in [2.75, 3.05) is 14.1 Å². The first kappa shape index (κ1) is 8.99. The number of aromatic amines is 2. The number of nitrogens with one attached hydrogen (secondary N) is 2. The molecule has 12 heavy (non-hydrogen) atoms. The van der Waals surface area contributed by atoms with Crippen LogP contribution in [-0.4, -0.2) is 34.0 Å². The van der Waals surface area contributed by atoms with Crippen molar-refractivity contribution in [3.63, 3.8) is 0 Å². The van der Waals surface area contributed by atoms with E-state index < -0.39 is 0 Å². The Morgan fingerprint density at radius 3 is 2.33 bits per heavy atom. The van der Waals surface area contributed by atoms with E-state index in [-0.39, 0.29) is 5.69 Å². The number of imidazole rings is 1. The molecule has 0 radical (unpaired) electrons. The molecule has 1 heterocycles. The van der Waals surface area contributed by atoms with Gasteiger partial charge in [0.1, 0.15) is 4.99 Å². The van der Waals surface area contributed by atoms with Crippen LogP contribution in [0.1, 0.15) is 11.4 Å². The molecule has 0 aliphatic heterocycles. The summed E-state index contributed by atoms with van der Waals surface area (Å²) in [5, 5.41) is 0. The molecular weight excluding hydrogens is 174 g/mol. The Morgan fingerprint density at radius 1 is 1.42 bits per heavy atom. The first-order chi connectivity index (χ1) is 5.52. The lowest BCUT2D eigenvalue weighted by Gasteiger charge is -2.11. The zero-order chi connectivity index (χ0) is 9.30. The lowest BCUT2D eigenvalue weighted by molar-refractivity contribution is 0.634. The molecule has 1 aromatic rings. The van der Waals surface area contributed by atoms with Gasteiger partial charge in [-0.3, -0.25) is 0 Å². The van der Waals surface area contributed by atoms with Gasteiger partial charge in [0.15, 0.2) is 0 Å². The summed E-state index contributed by atoms with van der Waals surface area (Å²) in [6.07, 6.45) is 0. The smallest absolute Gasteiger partial charge is 0.323 e. The molecule has 0 amide bonds. The topological polar surface area (TPSA) is 51.9 Å². The van der Waals surface area contributed by atoms with Gasteiger partial charge in [0.05, 0.1) is 5.69 Å². The standard InChI is InChI=1S/C7H11N3OS/c1-4-5(6(12)10(2)3)9-7(11)8-4/h1-3H3,(H2,8,9,11). The average Bonchev–Trinajstić information content (AvgIpc) is 2.28. The van der Waals surface area contributed by atoms with Crippen LogP contribution in [0.15, 0.2) is 4.79 Å². The van der Waals surface area contributed by atoms with Gasteiger partial charge in [-0.15, -0.1) is 0 Å². The van der Waals surface area contributed by atoms with Gasteiger partial charge < -0.3 is 14.9 Å². The van der Waals surface area contributed by atoms with E-state index in [4.69, 9.17) is 12.2 Å². The molecule has 0 saturated heterocycles. The van der Waals surface area contributed by atoms with Gasteiger partial charge >= 0.3 is 5.69 Å². The zero-order valence-electron chi connectivity index (χ0n) is 7.26. The van der Waals surface area contributed by atoms with Crippen molar-refractivity contribution < 1.29 is 0 Å². The Hall–Kier alpha value is -1.10. The minimum absolute atomic E-state index is 0.216. The maximum absolute atomic E-state index is 10.8. The SMILES string of the molecule is Cc1[nH]c(=O)[nH]c1C(=S)N(C)C. The van der Waals surface area contributed by atoms with Crippen LogP contribution in [0.5, 0.6) is 0 Å². The fraction of sp³-hybridized carbons (Fsp3) is 0.429. The maximum Gasteiger partial charge on any atom is 0.323 e. The highest BCUT2D eigenvalue weighted by atomic mass is 32.1. The van der Waals surface area contributed by atoms with Crippen molar-refractivity contribution >= 4 is 17.2 Å². The monoisotopic (exact) mass is 185 g/mol. The summed E-state index contributed by atoms with van der Waals surface area (Å²) in [5.74, 6) is 0. The number of thiocarbonyl (C=S) groups is 1. The van der Waals surface area contributed by atoms with Gasteiger partial charge in [0.25, 0.3) is 0 Å². The van der Waals surface area contributed by atoms with Crippen molar-refractivity contribution in [2.45, 2.75) is 6.92 Å². The Bertz CT molecular complexity index is 350. The van der Waals surface area contributed by atoms with Gasteiger partial charge in [-0.2, -0.15) is 0 Å². The number of aryl methyl sites for hydroxylation is 1. The van der Waals surface area contributed by atoms with E-state index in [1.807, 2.05) is 21.0 Å². The number of aromatic nitrogens is 2. The molecule has 2 N–H and O–H groups in total. The highest BCUT2D eigenvalue weighted by Crippen LogP contribution is 2.01. The van der Waals surface area contributed by atoms with Gasteiger partial charge in [0.2, 0.25) is 0 Å². The van der Waals surface area contributed by atoms with E-state index in [1.165, 1.54) is 0 Å². The normalized spacial score (nSPS) is 9.92. The minimum Gasteiger partial charge on any atom is -0.367 e. The summed E-state index contributed by atoms with van der Waals surface area (Å²) in [6.45, 7) is 1.81. The van der Waals surface area contributed by atoms with Crippen molar-refractivity contribution in [1.82, 2.24) is 14.9 Å². The second-order valence-electron chi connectivity index (χ2n) is 2.78. The molecule has 66 valence electrons. The molecule has 0 unspecified atom stereocenters. The summed E-state index contributed by atoms with van der Waals surface area (Å²) in [4.78, 5) is 18.5. The van der Waals surface area contributed by atoms with Crippen molar-refractivity contribution in [3.8, 4) is 0 Å². The van der Waals surface area contributed by atoms with E-state index in [0.717, 1.165) is 5.69 Å². The molecule has 1 aromatic heterocycles. The molecule has 0 aliphatic carbocycles. The van der Waals surface area contributed by atoms with Crippen LogP contribution in [0, 0.1) is 6.92 Å². The van der Waals surface area contributed by atoms with Crippen molar-refractivity contribution in [3.05, 3.63) is 21.9 Å². The predicted octanol–water partition coefficient (Wildman–Crippen LogP) is 0.249. The summed E-state index contributed by atoms with van der Waals surface area (Å²) in [6, 6.07) is 0. The molecule has 0 saturated carbocycles. The second kappa shape index (κ2) is 3.10. The van der Waals surface area contributed by atoms with E-state index >= 15 is 0 Å². The van der Waals surface area contributed by atoms with Crippen LogP contribution < -0.4 is 5.69 Å². The summed E-state index contributed by atoms with van der Waals surface area (Å²) in [5.41, 5.74) is 1.26. The second-order valence-corrected chi connectivity index (χ2v) is 3.17. The Kier molecular flexibility index (Phi) is 2.32. The first-order valence-corrected chi connectivity index (χ1v) is 3.93. The predicted molar refractivity (Wildman–Crippen MR) is 51.5 cm³/mol. The van der Waals surface area contributed by atoms with Crippen LogP contribution in [0.4, 0.5) is 0 Å². The van der Waals surface area contributed by atoms with Gasteiger partial charge in [-0.1, -0.05) is 12.2 Å². The number of hydrogen-bond donors (Lipinski definition) is 2. The van der Waals surface area contributed by atoms with Crippen LogP contribution >= 0.6 is 12.2 Å². The molecule has 1 rings (SSSR count). The highest BCUT2D eigenvalue weighted by molar-refractivity contribution is 7.80. The van der Waals surface area contributed by atoms with Gasteiger partial charge in [-0.05, 0) is 6.92 Å². The quantitative estimate of drug-likeness (QED) is 0.617. The summed E-state index contributed by atoms with van der Waals surface area (Å²) >= 11 is 5.08. The molecule has 0 bridgehead atoms. The van der Waals surface area contributed by atoms with E-state index in [9.17, 15) is 4.79 Å². The fourth-order valence-electron chi connectivity index (χ4n) is 0.909. The molecule has 4 nitrogen and oxygen atoms in total. The average molecular weight is 185 g/mol. The lowest BCUT2D eigenvalue weighted by atomic mass is 10.3. The number of H-pyrrole nitrogens is 2. The third-order valence-electron chi connectivity index (χ3n) is 1.53. The number of rotatable bonds is 1. The third-order valence-corrected chi connectivity index (χ3v) is 2.10. The molecule has 5 heteroatoms. The van der Waals surface area contributed by atoms with Crippen LogP contribution in [0.3, 0.4) is 0 Å². The molecule has 0 aromatic carbocycles. The number of hydrogen-bond acceptors (Lipinski definition) is 2. The lowest BCUT2D eigenvalue weighted by Crippen LogP contribution is -2.22. The largest absolute Gasteiger partial charge is 0.367 e. The molecule has 0 fully saturated rings. The highest BCUT2D eigenvalue weighted by Gasteiger charge is 2.09. The maximum atomic E-state index is 10.8. The molecular formula is C7H11N3OS. The van der Waals surface area contributed by atoms with E-state index in [2.05, 4.69) is 9.97 Å². The molecule has 0 atom stereocenters.